The van der Waals surface area contributed by atoms with Crippen LogP contribution < -0.4 is 5.14 Å². The third kappa shape index (κ3) is 3.53. The van der Waals surface area contributed by atoms with Gasteiger partial charge in [0.15, 0.2) is 6.10 Å². The van der Waals surface area contributed by atoms with Crippen LogP contribution in [0.5, 0.6) is 0 Å². The summed E-state index contributed by atoms with van der Waals surface area (Å²) in [6, 6.07) is 5.44. The van der Waals surface area contributed by atoms with E-state index in [1.54, 1.807) is 6.07 Å². The SMILES string of the molecule is CC(C#N)OC(=O)c1cc(S(N)(=O)=O)ccc1Br. The smallest absolute Gasteiger partial charge is 0.340 e. The number of carbonyl (C=O) groups excluding carboxylic acids is 1. The number of sulfonamides is 1. The van der Waals surface area contributed by atoms with E-state index in [4.69, 9.17) is 15.1 Å². The second kappa shape index (κ2) is 5.48. The quantitative estimate of drug-likeness (QED) is 0.835. The zero-order chi connectivity index (χ0) is 13.9. The highest BCUT2D eigenvalue weighted by molar-refractivity contribution is 9.10. The summed E-state index contributed by atoms with van der Waals surface area (Å²) in [4.78, 5) is 11.5. The maximum absolute atomic E-state index is 11.7. The van der Waals surface area contributed by atoms with Gasteiger partial charge in [-0.15, -0.1) is 0 Å². The second-order valence-corrected chi connectivity index (χ2v) is 5.78. The Hall–Kier alpha value is -1.43. The first-order valence-electron chi connectivity index (χ1n) is 4.68. The number of nitriles is 1. The van der Waals surface area contributed by atoms with Gasteiger partial charge in [-0.2, -0.15) is 5.26 Å². The summed E-state index contributed by atoms with van der Waals surface area (Å²) in [5, 5.41) is 13.5. The molecule has 18 heavy (non-hydrogen) atoms. The molecule has 1 unspecified atom stereocenters. The van der Waals surface area contributed by atoms with Crippen LogP contribution in [0.4, 0.5) is 0 Å². The fourth-order valence-electron chi connectivity index (χ4n) is 1.09. The first-order valence-corrected chi connectivity index (χ1v) is 7.02. The monoisotopic (exact) mass is 332 g/mol. The van der Waals surface area contributed by atoms with Gasteiger partial charge in [-0.05, 0) is 41.1 Å². The van der Waals surface area contributed by atoms with Crippen LogP contribution in [0, 0.1) is 11.3 Å². The Labute approximate surface area is 113 Å². The Morgan fingerprint density at radius 1 is 1.56 bits per heavy atom. The van der Waals surface area contributed by atoms with Gasteiger partial charge in [0.05, 0.1) is 10.5 Å². The van der Waals surface area contributed by atoms with Crippen molar-refractivity contribution in [2.45, 2.75) is 17.9 Å². The molecule has 1 atom stereocenters. The van der Waals surface area contributed by atoms with Crippen LogP contribution in [0.25, 0.3) is 0 Å². The molecular formula is C10H9BrN2O4S. The molecule has 0 bridgehead atoms. The minimum atomic E-state index is -3.90. The summed E-state index contributed by atoms with van der Waals surface area (Å²) < 4.78 is 27.4. The van der Waals surface area contributed by atoms with Crippen molar-refractivity contribution in [2.24, 2.45) is 5.14 Å². The number of rotatable bonds is 3. The van der Waals surface area contributed by atoms with Gasteiger partial charge in [-0.25, -0.2) is 18.4 Å². The van der Waals surface area contributed by atoms with Crippen molar-refractivity contribution in [3.8, 4) is 6.07 Å². The molecule has 0 saturated heterocycles. The minimum absolute atomic E-state index is 0.0105. The Bertz CT molecular complexity index is 621. The number of carbonyl (C=O) groups is 1. The van der Waals surface area contributed by atoms with E-state index in [-0.39, 0.29) is 10.5 Å². The van der Waals surface area contributed by atoms with Crippen molar-refractivity contribution in [3.63, 3.8) is 0 Å². The molecule has 0 spiro atoms. The zero-order valence-electron chi connectivity index (χ0n) is 9.25. The van der Waals surface area contributed by atoms with Gasteiger partial charge in [0, 0.05) is 4.47 Å². The highest BCUT2D eigenvalue weighted by Gasteiger charge is 2.18. The van der Waals surface area contributed by atoms with Crippen LogP contribution in [0.2, 0.25) is 0 Å². The molecule has 0 aliphatic rings. The highest BCUT2D eigenvalue weighted by Crippen LogP contribution is 2.21. The highest BCUT2D eigenvalue weighted by atomic mass is 79.9. The number of nitrogens with zero attached hydrogens (tertiary/aromatic N) is 1. The molecule has 1 rings (SSSR count). The largest absolute Gasteiger partial charge is 0.444 e. The summed E-state index contributed by atoms with van der Waals surface area (Å²) in [7, 11) is -3.90. The Kier molecular flexibility index (Phi) is 4.45. The van der Waals surface area contributed by atoms with E-state index in [0.717, 1.165) is 6.07 Å². The standard InChI is InChI=1S/C10H9BrN2O4S/c1-6(5-12)17-10(14)8-4-7(18(13,15)16)2-3-9(8)11/h2-4,6H,1H3,(H2,13,15,16). The normalized spacial score (nSPS) is 12.6. The Balaban J connectivity index is 3.17. The van der Waals surface area contributed by atoms with E-state index in [2.05, 4.69) is 15.9 Å². The van der Waals surface area contributed by atoms with E-state index in [0.29, 0.717) is 4.47 Å². The second-order valence-electron chi connectivity index (χ2n) is 3.36. The molecule has 1 aromatic rings. The number of benzene rings is 1. The average molecular weight is 333 g/mol. The van der Waals surface area contributed by atoms with Crippen molar-refractivity contribution in [1.82, 2.24) is 0 Å². The minimum Gasteiger partial charge on any atom is -0.444 e. The van der Waals surface area contributed by atoms with Crippen LogP contribution in [-0.2, 0) is 14.8 Å². The lowest BCUT2D eigenvalue weighted by Gasteiger charge is -2.08. The first-order chi connectivity index (χ1) is 8.25. The molecule has 1 aromatic carbocycles. The molecule has 0 aliphatic heterocycles. The summed E-state index contributed by atoms with van der Waals surface area (Å²) in [5.74, 6) is -0.804. The average Bonchev–Trinajstić information content (AvgIpc) is 2.27. The van der Waals surface area contributed by atoms with E-state index in [1.165, 1.54) is 19.1 Å². The lowest BCUT2D eigenvalue weighted by molar-refractivity contribution is 0.0434. The molecule has 8 heteroatoms. The predicted octanol–water partition coefficient (Wildman–Crippen LogP) is 1.17. The van der Waals surface area contributed by atoms with E-state index < -0.39 is 22.1 Å². The maximum atomic E-state index is 11.7. The number of primary sulfonamides is 1. The van der Waals surface area contributed by atoms with Crippen molar-refractivity contribution in [2.75, 3.05) is 0 Å². The molecule has 96 valence electrons. The number of nitrogens with two attached hydrogens (primary N) is 1. The van der Waals surface area contributed by atoms with Gasteiger partial charge < -0.3 is 4.74 Å². The molecule has 0 amide bonds. The fraction of sp³-hybridized carbons (Fsp3) is 0.200. The molecule has 0 radical (unpaired) electrons. The van der Waals surface area contributed by atoms with Gasteiger partial charge in [0.1, 0.15) is 6.07 Å². The van der Waals surface area contributed by atoms with E-state index in [9.17, 15) is 13.2 Å². The number of esters is 1. The summed E-state index contributed by atoms with van der Waals surface area (Å²) in [6.45, 7) is 1.40. The van der Waals surface area contributed by atoms with Gasteiger partial charge in [0.25, 0.3) is 0 Å². The molecule has 0 saturated carbocycles. The van der Waals surface area contributed by atoms with Crippen LogP contribution in [0.1, 0.15) is 17.3 Å². The summed E-state index contributed by atoms with van der Waals surface area (Å²) in [6.07, 6.45) is -0.928. The van der Waals surface area contributed by atoms with E-state index in [1.807, 2.05) is 0 Å². The number of hydrogen-bond donors (Lipinski definition) is 1. The summed E-state index contributed by atoms with van der Waals surface area (Å²) in [5.41, 5.74) is -0.0105. The van der Waals surface area contributed by atoms with Crippen LogP contribution in [0.15, 0.2) is 27.6 Å². The van der Waals surface area contributed by atoms with Gasteiger partial charge >= 0.3 is 5.97 Å². The zero-order valence-corrected chi connectivity index (χ0v) is 11.7. The van der Waals surface area contributed by atoms with Crippen LogP contribution >= 0.6 is 15.9 Å². The molecule has 6 nitrogen and oxygen atoms in total. The third-order valence-corrected chi connectivity index (χ3v) is 3.55. The number of halogens is 1. The lowest BCUT2D eigenvalue weighted by Crippen LogP contribution is -2.16. The molecular weight excluding hydrogens is 324 g/mol. The Morgan fingerprint density at radius 2 is 2.17 bits per heavy atom. The van der Waals surface area contributed by atoms with Crippen LogP contribution in [0.3, 0.4) is 0 Å². The van der Waals surface area contributed by atoms with Crippen molar-refractivity contribution in [1.29, 1.82) is 5.26 Å². The topological polar surface area (TPSA) is 110 Å². The Morgan fingerprint density at radius 3 is 2.67 bits per heavy atom. The van der Waals surface area contributed by atoms with Crippen molar-refractivity contribution >= 4 is 31.9 Å². The van der Waals surface area contributed by atoms with Crippen LogP contribution in [-0.4, -0.2) is 20.5 Å². The summed E-state index contributed by atoms with van der Waals surface area (Å²) >= 11 is 3.09. The van der Waals surface area contributed by atoms with E-state index >= 15 is 0 Å². The lowest BCUT2D eigenvalue weighted by atomic mass is 10.2. The van der Waals surface area contributed by atoms with Crippen molar-refractivity contribution in [3.05, 3.63) is 28.2 Å². The number of hydrogen-bond acceptors (Lipinski definition) is 5. The predicted molar refractivity (Wildman–Crippen MR) is 66.0 cm³/mol. The number of ether oxygens (including phenoxy) is 1. The molecule has 0 heterocycles. The molecule has 0 fully saturated rings. The van der Waals surface area contributed by atoms with Gasteiger partial charge in [-0.3, -0.25) is 0 Å². The maximum Gasteiger partial charge on any atom is 0.340 e. The third-order valence-electron chi connectivity index (χ3n) is 1.95. The molecule has 0 aromatic heterocycles. The van der Waals surface area contributed by atoms with Gasteiger partial charge in [-0.1, -0.05) is 0 Å². The van der Waals surface area contributed by atoms with Gasteiger partial charge in [0.2, 0.25) is 10.0 Å². The molecule has 0 aliphatic carbocycles. The molecule has 2 N–H and O–H groups in total. The fourth-order valence-corrected chi connectivity index (χ4v) is 2.04. The van der Waals surface area contributed by atoms with Crippen molar-refractivity contribution < 1.29 is 17.9 Å². The first kappa shape index (κ1) is 14.6.